The van der Waals surface area contributed by atoms with E-state index in [1.54, 1.807) is 30.3 Å². The van der Waals surface area contributed by atoms with Crippen LogP contribution in [-0.2, 0) is 9.84 Å². The maximum atomic E-state index is 12.6. The first kappa shape index (κ1) is 19.2. The van der Waals surface area contributed by atoms with E-state index in [0.717, 1.165) is 0 Å². The lowest BCUT2D eigenvalue weighted by Gasteiger charge is -2.33. The molecule has 0 bridgehead atoms. The second-order valence-corrected chi connectivity index (χ2v) is 8.68. The minimum atomic E-state index is -4.09. The molecule has 0 aromatic heterocycles. The summed E-state index contributed by atoms with van der Waals surface area (Å²) in [6.45, 7) is 3.39. The molecular weight excluding hydrogens is 339 g/mol. The fraction of sp³-hybridized carbons (Fsp3) is 0.647. The van der Waals surface area contributed by atoms with E-state index in [0.29, 0.717) is 31.0 Å². The van der Waals surface area contributed by atoms with Crippen LogP contribution in [0.4, 0.5) is 13.2 Å². The molecule has 0 amide bonds. The van der Waals surface area contributed by atoms with Gasteiger partial charge in [-0.1, -0.05) is 25.1 Å². The molecule has 1 aliphatic rings. The highest BCUT2D eigenvalue weighted by molar-refractivity contribution is 7.91. The van der Waals surface area contributed by atoms with E-state index in [4.69, 9.17) is 0 Å². The van der Waals surface area contributed by atoms with Crippen LogP contribution in [0.15, 0.2) is 35.2 Å². The molecule has 1 heterocycles. The molecule has 1 fully saturated rings. The van der Waals surface area contributed by atoms with Gasteiger partial charge in [0.2, 0.25) is 0 Å². The van der Waals surface area contributed by atoms with Gasteiger partial charge in [0.25, 0.3) is 0 Å². The van der Waals surface area contributed by atoms with Crippen LogP contribution in [-0.4, -0.2) is 44.9 Å². The first-order valence-electron chi connectivity index (χ1n) is 8.25. The van der Waals surface area contributed by atoms with E-state index in [1.165, 1.54) is 0 Å². The molecule has 0 N–H and O–H groups in total. The lowest BCUT2D eigenvalue weighted by molar-refractivity contribution is -0.185. The van der Waals surface area contributed by atoms with Crippen LogP contribution in [0.1, 0.15) is 26.2 Å². The van der Waals surface area contributed by atoms with Gasteiger partial charge in [0.05, 0.1) is 16.6 Å². The van der Waals surface area contributed by atoms with Gasteiger partial charge >= 0.3 is 6.18 Å². The van der Waals surface area contributed by atoms with E-state index < -0.39 is 21.9 Å². The zero-order chi connectivity index (χ0) is 17.8. The van der Waals surface area contributed by atoms with Crippen molar-refractivity contribution >= 4 is 9.84 Å². The Morgan fingerprint density at radius 3 is 2.29 bits per heavy atom. The Morgan fingerprint density at radius 2 is 1.75 bits per heavy atom. The minimum Gasteiger partial charge on any atom is -0.303 e. The van der Waals surface area contributed by atoms with Crippen LogP contribution >= 0.6 is 0 Å². The molecule has 1 aromatic carbocycles. The smallest absolute Gasteiger partial charge is 0.303 e. The zero-order valence-electron chi connectivity index (χ0n) is 13.8. The van der Waals surface area contributed by atoms with Crippen LogP contribution in [0.5, 0.6) is 0 Å². The average Bonchev–Trinajstić information content (AvgIpc) is 2.53. The number of sulfone groups is 1. The van der Waals surface area contributed by atoms with Crippen molar-refractivity contribution in [3.63, 3.8) is 0 Å². The van der Waals surface area contributed by atoms with Crippen molar-refractivity contribution in [3.05, 3.63) is 30.3 Å². The highest BCUT2D eigenvalue weighted by Gasteiger charge is 2.40. The van der Waals surface area contributed by atoms with E-state index in [2.05, 4.69) is 0 Å². The predicted molar refractivity (Wildman–Crippen MR) is 87.5 cm³/mol. The number of likely N-dealkylation sites (tertiary alicyclic amines) is 1. The second-order valence-electron chi connectivity index (χ2n) is 6.65. The number of piperidine rings is 1. The summed E-state index contributed by atoms with van der Waals surface area (Å²) in [6, 6.07) is 8.34. The summed E-state index contributed by atoms with van der Waals surface area (Å²) in [4.78, 5) is 2.33. The molecule has 1 aromatic rings. The molecule has 0 saturated carbocycles. The third kappa shape index (κ3) is 5.48. The number of hydrogen-bond acceptors (Lipinski definition) is 3. The third-order valence-electron chi connectivity index (χ3n) is 4.59. The predicted octanol–water partition coefficient (Wildman–Crippen LogP) is 3.76. The molecule has 0 radical (unpaired) electrons. The molecule has 0 aliphatic carbocycles. The van der Waals surface area contributed by atoms with Crippen LogP contribution in [0.25, 0.3) is 0 Å². The highest BCUT2D eigenvalue weighted by atomic mass is 32.2. The summed E-state index contributed by atoms with van der Waals surface area (Å²) in [5.74, 6) is -1.16. The van der Waals surface area contributed by atoms with Crippen LogP contribution in [0, 0.1) is 11.8 Å². The molecule has 1 aliphatic heterocycles. The Morgan fingerprint density at radius 1 is 1.17 bits per heavy atom. The summed E-state index contributed by atoms with van der Waals surface area (Å²) >= 11 is 0. The summed E-state index contributed by atoms with van der Waals surface area (Å²) in [5, 5.41) is 0. The van der Waals surface area contributed by atoms with Crippen molar-refractivity contribution in [1.82, 2.24) is 4.90 Å². The van der Waals surface area contributed by atoms with Crippen molar-refractivity contribution < 1.29 is 21.6 Å². The normalized spacial score (nSPS) is 19.3. The van der Waals surface area contributed by atoms with Crippen LogP contribution < -0.4 is 0 Å². The maximum Gasteiger partial charge on any atom is 0.391 e. The maximum absolute atomic E-state index is 12.6. The van der Waals surface area contributed by atoms with Gasteiger partial charge in [-0.15, -0.1) is 0 Å². The standard InChI is InChI=1S/C17H24F3NO2S/c1-14(13-24(22,23)16-5-3-2-4-6-16)7-10-21-11-8-15(9-12-21)17(18,19)20/h2-6,14-15H,7-13H2,1H3. The Hall–Kier alpha value is -1.08. The molecule has 1 atom stereocenters. The summed E-state index contributed by atoms with van der Waals surface area (Å²) in [6.07, 6.45) is -3.15. The second kappa shape index (κ2) is 7.87. The van der Waals surface area contributed by atoms with Crippen LogP contribution in [0.2, 0.25) is 0 Å². The van der Waals surface area contributed by atoms with E-state index in [9.17, 15) is 21.6 Å². The number of rotatable bonds is 6. The molecule has 1 saturated heterocycles. The Balaban J connectivity index is 1.77. The number of alkyl halides is 3. The summed E-state index contributed by atoms with van der Waals surface area (Å²) in [5.41, 5.74) is 0. The molecular formula is C17H24F3NO2S. The van der Waals surface area contributed by atoms with Crippen LogP contribution in [0.3, 0.4) is 0 Å². The van der Waals surface area contributed by atoms with Crippen molar-refractivity contribution in [1.29, 1.82) is 0 Å². The fourth-order valence-electron chi connectivity index (χ4n) is 3.07. The first-order chi connectivity index (χ1) is 11.2. The Bertz CT molecular complexity index is 608. The Kier molecular flexibility index (Phi) is 6.31. The van der Waals surface area contributed by atoms with Gasteiger partial charge in [0.15, 0.2) is 9.84 Å². The van der Waals surface area contributed by atoms with Crippen molar-refractivity contribution in [2.75, 3.05) is 25.4 Å². The highest BCUT2D eigenvalue weighted by Crippen LogP contribution is 2.34. The molecule has 7 heteroatoms. The van der Waals surface area contributed by atoms with Crippen molar-refractivity contribution in [3.8, 4) is 0 Å². The summed E-state index contributed by atoms with van der Waals surface area (Å²) < 4.78 is 62.5. The number of hydrogen-bond donors (Lipinski definition) is 0. The van der Waals surface area contributed by atoms with Crippen molar-refractivity contribution in [2.24, 2.45) is 11.8 Å². The summed E-state index contributed by atoms with van der Waals surface area (Å²) in [7, 11) is -3.31. The fourth-order valence-corrected chi connectivity index (χ4v) is 4.75. The van der Waals surface area contributed by atoms with Gasteiger partial charge in [0.1, 0.15) is 0 Å². The Labute approximate surface area is 141 Å². The van der Waals surface area contributed by atoms with Gasteiger partial charge in [0, 0.05) is 0 Å². The first-order valence-corrected chi connectivity index (χ1v) is 9.90. The van der Waals surface area contributed by atoms with E-state index >= 15 is 0 Å². The molecule has 136 valence electrons. The molecule has 0 spiro atoms. The van der Waals surface area contributed by atoms with E-state index in [1.807, 2.05) is 11.8 Å². The molecule has 24 heavy (non-hydrogen) atoms. The molecule has 2 rings (SSSR count). The molecule has 1 unspecified atom stereocenters. The largest absolute Gasteiger partial charge is 0.391 e. The average molecular weight is 363 g/mol. The topological polar surface area (TPSA) is 37.4 Å². The third-order valence-corrected chi connectivity index (χ3v) is 6.59. The van der Waals surface area contributed by atoms with Crippen molar-refractivity contribution in [2.45, 2.75) is 37.3 Å². The van der Waals surface area contributed by atoms with Gasteiger partial charge in [-0.3, -0.25) is 0 Å². The van der Waals surface area contributed by atoms with Gasteiger partial charge in [-0.05, 0) is 56.9 Å². The molecule has 3 nitrogen and oxygen atoms in total. The number of benzene rings is 1. The van der Waals surface area contributed by atoms with Gasteiger partial charge < -0.3 is 4.90 Å². The quantitative estimate of drug-likeness (QED) is 0.772. The zero-order valence-corrected chi connectivity index (χ0v) is 14.6. The monoisotopic (exact) mass is 363 g/mol. The van der Waals surface area contributed by atoms with Gasteiger partial charge in [-0.25, -0.2) is 8.42 Å². The lowest BCUT2D eigenvalue weighted by Crippen LogP contribution is -2.39. The number of nitrogens with zero attached hydrogens (tertiary/aromatic N) is 1. The van der Waals surface area contributed by atoms with Gasteiger partial charge in [-0.2, -0.15) is 13.2 Å². The minimum absolute atomic E-state index is 0.0319. The number of halogens is 3. The van der Waals surface area contributed by atoms with E-state index in [-0.39, 0.29) is 24.5 Å². The lowest BCUT2D eigenvalue weighted by atomic mass is 9.96. The SMILES string of the molecule is CC(CCN1CCC(C(F)(F)F)CC1)CS(=O)(=O)c1ccccc1.